The van der Waals surface area contributed by atoms with Crippen molar-refractivity contribution in [3.8, 4) is 0 Å². The topological polar surface area (TPSA) is 79.0 Å². The first-order valence-corrected chi connectivity index (χ1v) is 11.8. The fourth-order valence-corrected chi connectivity index (χ4v) is 4.79. The van der Waals surface area contributed by atoms with Crippen LogP contribution in [0.25, 0.3) is 0 Å². The van der Waals surface area contributed by atoms with Gasteiger partial charge in [-0.05, 0) is 57.4 Å². The molecule has 1 aromatic rings. The zero-order chi connectivity index (χ0) is 21.4. The lowest BCUT2D eigenvalue weighted by Gasteiger charge is -2.29. The van der Waals surface area contributed by atoms with Crippen LogP contribution in [0.2, 0.25) is 0 Å². The summed E-state index contributed by atoms with van der Waals surface area (Å²) in [5.41, 5.74) is 1.99. The highest BCUT2D eigenvalue weighted by atomic mass is 32.2. The standard InChI is InChI=1S/C21H35N3O4S/c1-17(2)28-15-5-11-24(12-8-21(25)23-13-9-22-10-14-23)29(26,27)20-7-6-18(3)19(4)16-20/h6-7,16-17,22H,5,8-15H2,1-4H3. The molecule has 2 rings (SSSR count). The molecule has 1 saturated heterocycles. The first-order valence-electron chi connectivity index (χ1n) is 10.4. The Hall–Kier alpha value is -1.48. The Balaban J connectivity index is 2.09. The highest BCUT2D eigenvalue weighted by Gasteiger charge is 2.26. The largest absolute Gasteiger partial charge is 0.379 e. The number of sulfonamides is 1. The van der Waals surface area contributed by atoms with Crippen LogP contribution >= 0.6 is 0 Å². The molecule has 1 aliphatic heterocycles. The van der Waals surface area contributed by atoms with Crippen LogP contribution in [0.1, 0.15) is 37.8 Å². The van der Waals surface area contributed by atoms with Gasteiger partial charge in [0, 0.05) is 52.3 Å². The Morgan fingerprint density at radius 1 is 1.17 bits per heavy atom. The number of aryl methyl sites for hydroxylation is 2. The van der Waals surface area contributed by atoms with Gasteiger partial charge in [-0.3, -0.25) is 4.79 Å². The summed E-state index contributed by atoms with van der Waals surface area (Å²) in [6.07, 6.45) is 0.883. The molecule has 0 aliphatic carbocycles. The van der Waals surface area contributed by atoms with Crippen molar-refractivity contribution in [2.45, 2.75) is 51.5 Å². The maximum absolute atomic E-state index is 13.3. The molecule has 0 saturated carbocycles. The Morgan fingerprint density at radius 3 is 2.48 bits per heavy atom. The first-order chi connectivity index (χ1) is 13.7. The van der Waals surface area contributed by atoms with Crippen LogP contribution in [0, 0.1) is 13.8 Å². The first kappa shape index (κ1) is 23.8. The van der Waals surface area contributed by atoms with Crippen LogP contribution < -0.4 is 5.32 Å². The molecule has 0 radical (unpaired) electrons. The van der Waals surface area contributed by atoms with Crippen molar-refractivity contribution < 1.29 is 17.9 Å². The molecule has 164 valence electrons. The zero-order valence-corrected chi connectivity index (χ0v) is 18.9. The molecule has 0 atom stereocenters. The Kier molecular flexibility index (Phi) is 9.07. The Labute approximate surface area is 175 Å². The number of nitrogens with one attached hydrogen (secondary N) is 1. The van der Waals surface area contributed by atoms with Gasteiger partial charge in [0.05, 0.1) is 11.0 Å². The number of nitrogens with zero attached hydrogens (tertiary/aromatic N) is 2. The number of rotatable bonds is 10. The van der Waals surface area contributed by atoms with E-state index < -0.39 is 10.0 Å². The van der Waals surface area contributed by atoms with E-state index in [1.807, 2.05) is 33.8 Å². The molecule has 1 fully saturated rings. The fourth-order valence-electron chi connectivity index (χ4n) is 3.23. The third-order valence-corrected chi connectivity index (χ3v) is 7.06. The van der Waals surface area contributed by atoms with Crippen LogP contribution in [-0.4, -0.2) is 75.5 Å². The van der Waals surface area contributed by atoms with Gasteiger partial charge in [0.25, 0.3) is 0 Å². The highest BCUT2D eigenvalue weighted by molar-refractivity contribution is 7.89. The number of piperazine rings is 1. The van der Waals surface area contributed by atoms with Gasteiger partial charge in [-0.15, -0.1) is 0 Å². The molecular formula is C21H35N3O4S. The molecule has 0 unspecified atom stereocenters. The summed E-state index contributed by atoms with van der Waals surface area (Å²) in [5, 5.41) is 3.22. The van der Waals surface area contributed by atoms with E-state index in [1.165, 1.54) is 4.31 Å². The Morgan fingerprint density at radius 2 is 1.86 bits per heavy atom. The van der Waals surface area contributed by atoms with Gasteiger partial charge in [0.2, 0.25) is 15.9 Å². The predicted octanol–water partition coefficient (Wildman–Crippen LogP) is 1.93. The molecule has 0 spiro atoms. The van der Waals surface area contributed by atoms with Crippen molar-refractivity contribution in [1.82, 2.24) is 14.5 Å². The van der Waals surface area contributed by atoms with E-state index in [1.54, 1.807) is 17.0 Å². The Bertz CT molecular complexity index is 774. The van der Waals surface area contributed by atoms with Crippen molar-refractivity contribution in [1.29, 1.82) is 0 Å². The summed E-state index contributed by atoms with van der Waals surface area (Å²) >= 11 is 0. The second-order valence-electron chi connectivity index (χ2n) is 7.80. The molecule has 1 amide bonds. The summed E-state index contributed by atoms with van der Waals surface area (Å²) in [5.74, 6) is 0.00483. The molecule has 8 heteroatoms. The smallest absolute Gasteiger partial charge is 0.243 e. The summed E-state index contributed by atoms with van der Waals surface area (Å²) in [6, 6.07) is 5.18. The maximum atomic E-state index is 13.3. The van der Waals surface area contributed by atoms with Gasteiger partial charge < -0.3 is 15.0 Å². The molecule has 7 nitrogen and oxygen atoms in total. The minimum Gasteiger partial charge on any atom is -0.379 e. The van der Waals surface area contributed by atoms with Gasteiger partial charge in [0.15, 0.2) is 0 Å². The van der Waals surface area contributed by atoms with Crippen molar-refractivity contribution in [2.24, 2.45) is 0 Å². The minimum absolute atomic E-state index is 0.00483. The predicted molar refractivity (Wildman–Crippen MR) is 114 cm³/mol. The summed E-state index contributed by atoms with van der Waals surface area (Å²) in [6.45, 7) is 11.7. The number of benzene rings is 1. The SMILES string of the molecule is Cc1ccc(S(=O)(=O)N(CCCOC(C)C)CCC(=O)N2CCNCC2)cc1C. The fraction of sp³-hybridized carbons (Fsp3) is 0.667. The van der Waals surface area contributed by atoms with E-state index in [0.717, 1.165) is 24.2 Å². The average Bonchev–Trinajstić information content (AvgIpc) is 2.69. The third-order valence-electron chi connectivity index (χ3n) is 5.16. The molecule has 0 bridgehead atoms. The van der Waals surface area contributed by atoms with Crippen molar-refractivity contribution in [3.63, 3.8) is 0 Å². The molecule has 1 aliphatic rings. The number of carbonyl (C=O) groups excluding carboxylic acids is 1. The van der Waals surface area contributed by atoms with E-state index >= 15 is 0 Å². The van der Waals surface area contributed by atoms with Crippen LogP contribution in [-0.2, 0) is 19.6 Å². The monoisotopic (exact) mass is 425 g/mol. The number of hydrogen-bond acceptors (Lipinski definition) is 5. The maximum Gasteiger partial charge on any atom is 0.243 e. The minimum atomic E-state index is -3.67. The normalized spacial score (nSPS) is 15.3. The van der Waals surface area contributed by atoms with Crippen LogP contribution in [0.15, 0.2) is 23.1 Å². The summed E-state index contributed by atoms with van der Waals surface area (Å²) < 4.78 is 33.5. The molecule has 1 aromatic carbocycles. The highest BCUT2D eigenvalue weighted by Crippen LogP contribution is 2.20. The number of hydrogen-bond donors (Lipinski definition) is 1. The lowest BCUT2D eigenvalue weighted by atomic mass is 10.1. The van der Waals surface area contributed by atoms with E-state index in [4.69, 9.17) is 4.74 Å². The van der Waals surface area contributed by atoms with Gasteiger partial charge in [0.1, 0.15) is 0 Å². The van der Waals surface area contributed by atoms with E-state index in [-0.39, 0.29) is 29.9 Å². The molecule has 0 aromatic heterocycles. The van der Waals surface area contributed by atoms with Gasteiger partial charge >= 0.3 is 0 Å². The summed E-state index contributed by atoms with van der Waals surface area (Å²) in [7, 11) is -3.67. The van der Waals surface area contributed by atoms with E-state index in [0.29, 0.717) is 32.7 Å². The summed E-state index contributed by atoms with van der Waals surface area (Å²) in [4.78, 5) is 14.6. The van der Waals surface area contributed by atoms with Crippen LogP contribution in [0.4, 0.5) is 0 Å². The van der Waals surface area contributed by atoms with Crippen molar-refractivity contribution in [2.75, 3.05) is 45.9 Å². The van der Waals surface area contributed by atoms with Gasteiger partial charge in [-0.25, -0.2) is 8.42 Å². The second-order valence-corrected chi connectivity index (χ2v) is 9.74. The number of amides is 1. The number of ether oxygens (including phenoxy) is 1. The van der Waals surface area contributed by atoms with Crippen LogP contribution in [0.5, 0.6) is 0 Å². The average molecular weight is 426 g/mol. The van der Waals surface area contributed by atoms with E-state index in [9.17, 15) is 13.2 Å². The van der Waals surface area contributed by atoms with Gasteiger partial charge in [-0.1, -0.05) is 6.07 Å². The second kappa shape index (κ2) is 11.1. The quantitative estimate of drug-likeness (QED) is 0.580. The van der Waals surface area contributed by atoms with Crippen molar-refractivity contribution >= 4 is 15.9 Å². The third kappa shape index (κ3) is 7.06. The van der Waals surface area contributed by atoms with Crippen LogP contribution in [0.3, 0.4) is 0 Å². The van der Waals surface area contributed by atoms with E-state index in [2.05, 4.69) is 5.32 Å². The lowest BCUT2D eigenvalue weighted by Crippen LogP contribution is -2.47. The molecule has 1 N–H and O–H groups in total. The lowest BCUT2D eigenvalue weighted by molar-refractivity contribution is -0.131. The molecular weight excluding hydrogens is 390 g/mol. The molecule has 1 heterocycles. The zero-order valence-electron chi connectivity index (χ0n) is 18.1. The van der Waals surface area contributed by atoms with Gasteiger partial charge in [-0.2, -0.15) is 4.31 Å². The molecule has 29 heavy (non-hydrogen) atoms. The number of carbonyl (C=O) groups is 1. The van der Waals surface area contributed by atoms with Crippen molar-refractivity contribution in [3.05, 3.63) is 29.3 Å².